The van der Waals surface area contributed by atoms with Gasteiger partial charge in [0.25, 0.3) is 0 Å². The predicted octanol–water partition coefficient (Wildman–Crippen LogP) is 7.74. The van der Waals surface area contributed by atoms with Crippen molar-refractivity contribution < 1.29 is 9.94 Å². The molecule has 0 spiro atoms. The Morgan fingerprint density at radius 3 is 1.78 bits per heavy atom. The Hall–Kier alpha value is -1.51. The normalized spacial score (nSPS) is 11.7. The molecule has 1 aromatic rings. The van der Waals surface area contributed by atoms with E-state index in [0.29, 0.717) is 5.71 Å². The minimum atomic E-state index is 0.589. The van der Waals surface area contributed by atoms with E-state index < -0.39 is 0 Å². The van der Waals surface area contributed by atoms with E-state index in [2.05, 4.69) is 12.1 Å². The van der Waals surface area contributed by atoms with Crippen LogP contribution in [0.4, 0.5) is 0 Å². The Morgan fingerprint density at radius 1 is 0.778 bits per heavy atom. The van der Waals surface area contributed by atoms with Crippen molar-refractivity contribution in [3.8, 4) is 5.75 Å². The van der Waals surface area contributed by atoms with Gasteiger partial charge < -0.3 is 9.94 Å². The zero-order valence-electron chi connectivity index (χ0n) is 17.7. The fraction of sp³-hybridized carbons (Fsp3) is 0.708. The van der Waals surface area contributed by atoms with Crippen molar-refractivity contribution in [2.45, 2.75) is 104 Å². The number of benzene rings is 1. The summed E-state index contributed by atoms with van der Waals surface area (Å²) in [5, 5.41) is 12.2. The van der Waals surface area contributed by atoms with Gasteiger partial charge in [-0.1, -0.05) is 108 Å². The van der Waals surface area contributed by atoms with Gasteiger partial charge in [-0.15, -0.1) is 0 Å². The third-order valence-corrected chi connectivity index (χ3v) is 5.18. The van der Waals surface area contributed by atoms with Crippen LogP contribution in [0, 0.1) is 0 Å². The summed E-state index contributed by atoms with van der Waals surface area (Å²) in [6.07, 6.45) is 19.1. The van der Waals surface area contributed by atoms with Crippen molar-refractivity contribution in [2.75, 3.05) is 6.61 Å². The maximum absolute atomic E-state index is 8.95. The SMILES string of the molecule is CCCCCCCCCCCCCCCCOc1ccccc1/C(C)=N/O. The second kappa shape index (κ2) is 16.6. The van der Waals surface area contributed by atoms with E-state index in [1.54, 1.807) is 6.92 Å². The number of ether oxygens (including phenoxy) is 1. The van der Waals surface area contributed by atoms with Crippen LogP contribution in [0.25, 0.3) is 0 Å². The Kier molecular flexibility index (Phi) is 14.5. The topological polar surface area (TPSA) is 41.8 Å². The fourth-order valence-corrected chi connectivity index (χ4v) is 3.42. The van der Waals surface area contributed by atoms with Crippen LogP contribution in [0.3, 0.4) is 0 Å². The summed E-state index contributed by atoms with van der Waals surface area (Å²) in [5.74, 6) is 0.808. The number of hydrogen-bond acceptors (Lipinski definition) is 3. The second-order valence-electron chi connectivity index (χ2n) is 7.63. The molecule has 0 unspecified atom stereocenters. The minimum Gasteiger partial charge on any atom is -0.493 e. The van der Waals surface area contributed by atoms with Crippen LogP contribution in [0.2, 0.25) is 0 Å². The molecule has 0 amide bonds. The number of unbranched alkanes of at least 4 members (excludes halogenated alkanes) is 13. The molecule has 0 aliphatic rings. The molecule has 0 aliphatic carbocycles. The number of rotatable bonds is 17. The summed E-state index contributed by atoms with van der Waals surface area (Å²) >= 11 is 0. The molecule has 0 bridgehead atoms. The molecule has 27 heavy (non-hydrogen) atoms. The van der Waals surface area contributed by atoms with Crippen LogP contribution in [-0.4, -0.2) is 17.5 Å². The largest absolute Gasteiger partial charge is 0.493 e. The zero-order chi connectivity index (χ0) is 19.6. The average molecular weight is 376 g/mol. The fourth-order valence-electron chi connectivity index (χ4n) is 3.42. The first-order valence-electron chi connectivity index (χ1n) is 11.2. The molecule has 1 aromatic carbocycles. The molecule has 154 valence electrons. The quantitative estimate of drug-likeness (QED) is 0.131. The van der Waals surface area contributed by atoms with E-state index in [-0.39, 0.29) is 0 Å². The molecule has 0 aromatic heterocycles. The van der Waals surface area contributed by atoms with E-state index in [1.165, 1.54) is 83.5 Å². The monoisotopic (exact) mass is 375 g/mol. The number of hydrogen-bond donors (Lipinski definition) is 1. The maximum atomic E-state index is 8.95. The van der Waals surface area contributed by atoms with E-state index in [1.807, 2.05) is 24.3 Å². The third kappa shape index (κ3) is 11.7. The Bertz CT molecular complexity index is 499. The van der Waals surface area contributed by atoms with E-state index in [0.717, 1.165) is 24.3 Å². The Morgan fingerprint density at radius 2 is 1.26 bits per heavy atom. The van der Waals surface area contributed by atoms with Gasteiger partial charge in [-0.05, 0) is 25.5 Å². The molecule has 0 atom stereocenters. The first-order chi connectivity index (χ1) is 13.3. The van der Waals surface area contributed by atoms with Gasteiger partial charge in [-0.2, -0.15) is 0 Å². The van der Waals surface area contributed by atoms with Gasteiger partial charge in [-0.3, -0.25) is 0 Å². The predicted molar refractivity (Wildman–Crippen MR) is 116 cm³/mol. The van der Waals surface area contributed by atoms with Crippen molar-refractivity contribution in [3.63, 3.8) is 0 Å². The average Bonchev–Trinajstić information content (AvgIpc) is 2.70. The van der Waals surface area contributed by atoms with Gasteiger partial charge in [0.2, 0.25) is 0 Å². The lowest BCUT2D eigenvalue weighted by Crippen LogP contribution is -2.03. The number of oxime groups is 1. The molecule has 3 nitrogen and oxygen atoms in total. The second-order valence-corrected chi connectivity index (χ2v) is 7.63. The minimum absolute atomic E-state index is 0.589. The molecule has 1 N–H and O–H groups in total. The van der Waals surface area contributed by atoms with Crippen LogP contribution in [0.15, 0.2) is 29.4 Å². The van der Waals surface area contributed by atoms with Crippen LogP contribution in [0.1, 0.15) is 109 Å². The zero-order valence-corrected chi connectivity index (χ0v) is 17.7. The molecule has 0 aliphatic heterocycles. The number of para-hydroxylation sites is 1. The molecule has 1 rings (SSSR count). The summed E-state index contributed by atoms with van der Waals surface area (Å²) in [6, 6.07) is 7.75. The summed E-state index contributed by atoms with van der Waals surface area (Å²) < 4.78 is 5.88. The van der Waals surface area contributed by atoms with Gasteiger partial charge in [0.05, 0.1) is 12.3 Å². The summed E-state index contributed by atoms with van der Waals surface area (Å²) in [6.45, 7) is 4.80. The highest BCUT2D eigenvalue weighted by Gasteiger charge is 2.06. The summed E-state index contributed by atoms with van der Waals surface area (Å²) in [4.78, 5) is 0. The summed E-state index contributed by atoms with van der Waals surface area (Å²) in [5.41, 5.74) is 1.46. The Labute approximate surface area is 167 Å². The third-order valence-electron chi connectivity index (χ3n) is 5.18. The lowest BCUT2D eigenvalue weighted by molar-refractivity contribution is 0.302. The highest BCUT2D eigenvalue weighted by atomic mass is 16.5. The highest BCUT2D eigenvalue weighted by molar-refractivity contribution is 6.00. The van der Waals surface area contributed by atoms with E-state index in [4.69, 9.17) is 9.94 Å². The molecule has 0 saturated heterocycles. The summed E-state index contributed by atoms with van der Waals surface area (Å²) in [7, 11) is 0. The molecule has 0 saturated carbocycles. The van der Waals surface area contributed by atoms with Crippen LogP contribution >= 0.6 is 0 Å². The molecule has 0 heterocycles. The van der Waals surface area contributed by atoms with Crippen LogP contribution in [-0.2, 0) is 0 Å². The highest BCUT2D eigenvalue weighted by Crippen LogP contribution is 2.19. The first kappa shape index (κ1) is 23.5. The van der Waals surface area contributed by atoms with E-state index >= 15 is 0 Å². The van der Waals surface area contributed by atoms with Gasteiger partial charge >= 0.3 is 0 Å². The smallest absolute Gasteiger partial charge is 0.128 e. The number of nitrogens with zero attached hydrogens (tertiary/aromatic N) is 1. The molecular formula is C24H41NO2. The van der Waals surface area contributed by atoms with Crippen LogP contribution < -0.4 is 4.74 Å². The molecule has 0 radical (unpaired) electrons. The van der Waals surface area contributed by atoms with Gasteiger partial charge in [-0.25, -0.2) is 0 Å². The van der Waals surface area contributed by atoms with Gasteiger partial charge in [0.15, 0.2) is 0 Å². The van der Waals surface area contributed by atoms with E-state index in [9.17, 15) is 0 Å². The van der Waals surface area contributed by atoms with Crippen molar-refractivity contribution in [2.24, 2.45) is 5.16 Å². The van der Waals surface area contributed by atoms with Crippen molar-refractivity contribution in [1.29, 1.82) is 0 Å². The van der Waals surface area contributed by atoms with Crippen molar-refractivity contribution in [3.05, 3.63) is 29.8 Å². The lowest BCUT2D eigenvalue weighted by Gasteiger charge is -2.10. The van der Waals surface area contributed by atoms with Gasteiger partial charge in [0, 0.05) is 5.56 Å². The van der Waals surface area contributed by atoms with Gasteiger partial charge in [0.1, 0.15) is 5.75 Å². The maximum Gasteiger partial charge on any atom is 0.128 e. The molecular weight excluding hydrogens is 334 g/mol. The van der Waals surface area contributed by atoms with Crippen molar-refractivity contribution >= 4 is 5.71 Å². The Balaban J connectivity index is 1.93. The van der Waals surface area contributed by atoms with Crippen molar-refractivity contribution in [1.82, 2.24) is 0 Å². The molecule has 0 fully saturated rings. The standard InChI is InChI=1S/C24H41NO2/c1-3-4-5-6-7-8-9-10-11-12-13-14-15-18-21-27-24-20-17-16-19-23(24)22(2)25-26/h16-17,19-20,26H,3-15,18,21H2,1-2H3/b25-22+. The lowest BCUT2D eigenvalue weighted by atomic mass is 10.0. The first-order valence-corrected chi connectivity index (χ1v) is 11.2. The molecule has 3 heteroatoms. The van der Waals surface area contributed by atoms with Crippen LogP contribution in [0.5, 0.6) is 5.75 Å².